The van der Waals surface area contributed by atoms with Crippen molar-refractivity contribution in [3.05, 3.63) is 47.2 Å². The molecule has 0 spiro atoms. The second kappa shape index (κ2) is 10.1. The van der Waals surface area contributed by atoms with E-state index in [1.165, 1.54) is 11.1 Å². The van der Waals surface area contributed by atoms with Crippen molar-refractivity contribution in [2.24, 2.45) is 10.1 Å². The van der Waals surface area contributed by atoms with Gasteiger partial charge in [-0.05, 0) is 58.1 Å². The molecule has 0 radical (unpaired) electrons. The van der Waals surface area contributed by atoms with Crippen molar-refractivity contribution < 1.29 is 0 Å². The lowest BCUT2D eigenvalue weighted by atomic mass is 9.98. The molecule has 19 heavy (non-hydrogen) atoms. The van der Waals surface area contributed by atoms with Crippen molar-refractivity contribution in [2.45, 2.75) is 34.1 Å². The molecule has 0 aliphatic carbocycles. The standard InChI is InChI=1S/C16H25N3/c1-7-14(10-9-13(3)4)16(19-18-6)15(8-2)11-12-17-5/h7-9,11-12,18H,5,10H2,1-4,6H3/b12-11-,14-7+,15-8+,19-16+. The molecule has 3 nitrogen and oxygen atoms in total. The number of aliphatic imine (C=N–C) groups is 1. The van der Waals surface area contributed by atoms with E-state index in [0.29, 0.717) is 0 Å². The second-order valence-corrected chi connectivity index (χ2v) is 4.23. The van der Waals surface area contributed by atoms with Gasteiger partial charge in [0.2, 0.25) is 0 Å². The summed E-state index contributed by atoms with van der Waals surface area (Å²) in [5.74, 6) is 0. The lowest BCUT2D eigenvalue weighted by Crippen LogP contribution is -2.10. The van der Waals surface area contributed by atoms with Gasteiger partial charge in [-0.2, -0.15) is 5.10 Å². The maximum absolute atomic E-state index is 4.38. The minimum atomic E-state index is 0.867. The van der Waals surface area contributed by atoms with Crippen LogP contribution in [-0.4, -0.2) is 19.5 Å². The zero-order valence-electron chi connectivity index (χ0n) is 12.7. The first-order valence-electron chi connectivity index (χ1n) is 6.43. The van der Waals surface area contributed by atoms with E-state index < -0.39 is 0 Å². The number of rotatable bonds is 7. The van der Waals surface area contributed by atoms with Gasteiger partial charge < -0.3 is 5.43 Å². The molecule has 0 unspecified atom stereocenters. The Morgan fingerprint density at radius 1 is 1.21 bits per heavy atom. The van der Waals surface area contributed by atoms with Crippen LogP contribution in [0.25, 0.3) is 0 Å². The molecule has 0 aromatic heterocycles. The largest absolute Gasteiger partial charge is 0.313 e. The van der Waals surface area contributed by atoms with Crippen molar-refractivity contribution in [1.29, 1.82) is 0 Å². The highest BCUT2D eigenvalue weighted by atomic mass is 15.3. The van der Waals surface area contributed by atoms with Gasteiger partial charge >= 0.3 is 0 Å². The van der Waals surface area contributed by atoms with E-state index in [1.807, 2.05) is 26.0 Å². The summed E-state index contributed by atoms with van der Waals surface area (Å²) in [5, 5.41) is 4.38. The highest BCUT2D eigenvalue weighted by Crippen LogP contribution is 2.15. The number of hydrazone groups is 1. The molecule has 0 fully saturated rings. The Hall–Kier alpha value is -1.90. The Morgan fingerprint density at radius 3 is 2.32 bits per heavy atom. The molecule has 0 bridgehead atoms. The van der Waals surface area contributed by atoms with Gasteiger partial charge in [0.15, 0.2) is 0 Å². The van der Waals surface area contributed by atoms with Crippen LogP contribution in [0.2, 0.25) is 0 Å². The summed E-state index contributed by atoms with van der Waals surface area (Å²) in [6, 6.07) is 0. The summed E-state index contributed by atoms with van der Waals surface area (Å²) in [5.41, 5.74) is 7.30. The number of nitrogens with one attached hydrogen (secondary N) is 1. The van der Waals surface area contributed by atoms with Gasteiger partial charge in [0.05, 0.1) is 5.71 Å². The highest BCUT2D eigenvalue weighted by Gasteiger charge is 2.09. The smallest absolute Gasteiger partial charge is 0.0930 e. The molecule has 0 amide bonds. The fourth-order valence-electron chi connectivity index (χ4n) is 1.54. The Bertz CT molecular complexity index is 431. The third-order valence-corrected chi connectivity index (χ3v) is 2.55. The molecular weight excluding hydrogens is 234 g/mol. The summed E-state index contributed by atoms with van der Waals surface area (Å²) < 4.78 is 0. The average molecular weight is 259 g/mol. The van der Waals surface area contributed by atoms with E-state index in [4.69, 9.17) is 0 Å². The van der Waals surface area contributed by atoms with Crippen LogP contribution in [-0.2, 0) is 0 Å². The number of hydrogen-bond acceptors (Lipinski definition) is 3. The average Bonchev–Trinajstić information content (AvgIpc) is 2.39. The fourth-order valence-corrected chi connectivity index (χ4v) is 1.54. The minimum absolute atomic E-state index is 0.867. The van der Waals surface area contributed by atoms with Gasteiger partial charge in [-0.15, -0.1) is 0 Å². The van der Waals surface area contributed by atoms with E-state index in [2.05, 4.69) is 48.2 Å². The molecule has 0 aromatic rings. The van der Waals surface area contributed by atoms with Gasteiger partial charge in [0.25, 0.3) is 0 Å². The van der Waals surface area contributed by atoms with Crippen LogP contribution in [0.1, 0.15) is 34.1 Å². The van der Waals surface area contributed by atoms with Gasteiger partial charge in [-0.1, -0.05) is 23.8 Å². The number of allylic oxidation sites excluding steroid dienone is 7. The van der Waals surface area contributed by atoms with Gasteiger partial charge in [-0.3, -0.25) is 4.99 Å². The summed E-state index contributed by atoms with van der Waals surface area (Å²) in [4.78, 5) is 3.75. The minimum Gasteiger partial charge on any atom is -0.313 e. The van der Waals surface area contributed by atoms with E-state index in [9.17, 15) is 0 Å². The molecule has 0 aromatic carbocycles. The van der Waals surface area contributed by atoms with Crippen molar-refractivity contribution in [2.75, 3.05) is 7.05 Å². The molecule has 0 saturated carbocycles. The molecule has 0 saturated heterocycles. The molecule has 1 N–H and O–H groups in total. The van der Waals surface area contributed by atoms with E-state index >= 15 is 0 Å². The number of nitrogens with zero attached hydrogens (tertiary/aromatic N) is 2. The number of hydrogen-bond donors (Lipinski definition) is 1. The molecular formula is C16H25N3. The first kappa shape index (κ1) is 17.1. The van der Waals surface area contributed by atoms with E-state index in [-0.39, 0.29) is 0 Å². The van der Waals surface area contributed by atoms with Crippen LogP contribution in [0, 0.1) is 0 Å². The van der Waals surface area contributed by atoms with E-state index in [1.54, 1.807) is 13.2 Å². The van der Waals surface area contributed by atoms with Crippen LogP contribution in [0.15, 0.2) is 57.3 Å². The predicted molar refractivity (Wildman–Crippen MR) is 86.7 cm³/mol. The van der Waals surface area contributed by atoms with Crippen molar-refractivity contribution in [3.63, 3.8) is 0 Å². The lowest BCUT2D eigenvalue weighted by Gasteiger charge is -2.10. The van der Waals surface area contributed by atoms with Gasteiger partial charge in [0, 0.05) is 13.2 Å². The van der Waals surface area contributed by atoms with Crippen LogP contribution >= 0.6 is 0 Å². The molecule has 3 heteroatoms. The zero-order valence-corrected chi connectivity index (χ0v) is 12.7. The van der Waals surface area contributed by atoms with Crippen LogP contribution in [0.5, 0.6) is 0 Å². The fraction of sp³-hybridized carbons (Fsp3) is 0.375. The molecule has 0 aliphatic rings. The maximum atomic E-state index is 4.38. The van der Waals surface area contributed by atoms with Gasteiger partial charge in [0.1, 0.15) is 0 Å². The maximum Gasteiger partial charge on any atom is 0.0930 e. The van der Waals surface area contributed by atoms with Crippen LogP contribution < -0.4 is 5.43 Å². The zero-order chi connectivity index (χ0) is 14.7. The molecule has 104 valence electrons. The first-order valence-corrected chi connectivity index (χ1v) is 6.43. The SMILES string of the molecule is C=N\C=C/C(=C\C)C(=N/NC)/C(=C/C)CC=C(C)C. The normalized spacial score (nSPS) is 13.6. The predicted octanol–water partition coefficient (Wildman–Crippen LogP) is 4.03. The second-order valence-electron chi connectivity index (χ2n) is 4.23. The molecule has 0 atom stereocenters. The third kappa shape index (κ3) is 6.55. The third-order valence-electron chi connectivity index (χ3n) is 2.55. The van der Waals surface area contributed by atoms with Crippen molar-refractivity contribution in [3.8, 4) is 0 Å². The monoisotopic (exact) mass is 259 g/mol. The van der Waals surface area contributed by atoms with Gasteiger partial charge in [-0.25, -0.2) is 0 Å². The van der Waals surface area contributed by atoms with Crippen molar-refractivity contribution >= 4 is 12.4 Å². The summed E-state index contributed by atoms with van der Waals surface area (Å²) >= 11 is 0. The highest BCUT2D eigenvalue weighted by molar-refractivity contribution is 6.14. The Kier molecular flexibility index (Phi) is 9.06. The summed E-state index contributed by atoms with van der Waals surface area (Å²) in [7, 11) is 1.80. The molecule has 0 aliphatic heterocycles. The van der Waals surface area contributed by atoms with Crippen LogP contribution in [0.3, 0.4) is 0 Å². The summed E-state index contributed by atoms with van der Waals surface area (Å²) in [6.07, 6.45) is 10.8. The Morgan fingerprint density at radius 2 is 1.89 bits per heavy atom. The Balaban J connectivity index is 5.40. The molecule has 0 heterocycles. The van der Waals surface area contributed by atoms with Crippen LogP contribution in [0.4, 0.5) is 0 Å². The molecule has 0 rings (SSSR count). The first-order chi connectivity index (χ1) is 9.10. The van der Waals surface area contributed by atoms with E-state index in [0.717, 1.165) is 17.7 Å². The summed E-state index contributed by atoms with van der Waals surface area (Å²) in [6.45, 7) is 11.7. The van der Waals surface area contributed by atoms with Crippen molar-refractivity contribution in [1.82, 2.24) is 5.43 Å². The Labute approximate surface area is 117 Å². The lowest BCUT2D eigenvalue weighted by molar-refractivity contribution is 0.899. The quantitative estimate of drug-likeness (QED) is 0.319. The topological polar surface area (TPSA) is 36.8 Å².